The van der Waals surface area contributed by atoms with Crippen molar-refractivity contribution in [3.05, 3.63) is 54.6 Å². The van der Waals surface area contributed by atoms with Crippen LogP contribution >= 0.6 is 0 Å². The Morgan fingerprint density at radius 3 is 2.35 bits per heavy atom. The maximum absolute atomic E-state index is 12.6. The van der Waals surface area contributed by atoms with Crippen LogP contribution in [0.15, 0.2) is 59.5 Å². The predicted molar refractivity (Wildman–Crippen MR) is 102 cm³/mol. The zero-order chi connectivity index (χ0) is 19.2. The van der Waals surface area contributed by atoms with E-state index < -0.39 is 16.1 Å². The number of carbonyl (C=O) groups excluding carboxylic acids is 1. The average Bonchev–Trinajstić information content (AvgIpc) is 2.63. The van der Waals surface area contributed by atoms with E-state index in [1.54, 1.807) is 45.0 Å². The van der Waals surface area contributed by atoms with Crippen LogP contribution in [-0.4, -0.2) is 37.8 Å². The topological polar surface area (TPSA) is 75.7 Å². The molecule has 0 aliphatic rings. The minimum Gasteiger partial charge on any atom is -0.481 e. The Morgan fingerprint density at radius 1 is 1.08 bits per heavy atom. The molecule has 0 fully saturated rings. The maximum Gasteiger partial charge on any atom is 0.265 e. The highest BCUT2D eigenvalue weighted by molar-refractivity contribution is 7.89. The van der Waals surface area contributed by atoms with Gasteiger partial charge in [-0.2, -0.15) is 4.31 Å². The Morgan fingerprint density at radius 2 is 1.73 bits per heavy atom. The quantitative estimate of drug-likeness (QED) is 0.768. The first-order valence-electron chi connectivity index (χ1n) is 8.51. The number of hydrogen-bond donors (Lipinski definition) is 1. The van der Waals surface area contributed by atoms with Crippen molar-refractivity contribution in [2.75, 3.05) is 18.4 Å². The molecule has 0 unspecified atom stereocenters. The minimum absolute atomic E-state index is 0.149. The van der Waals surface area contributed by atoms with Gasteiger partial charge in [-0.3, -0.25) is 4.79 Å². The van der Waals surface area contributed by atoms with E-state index in [9.17, 15) is 13.2 Å². The second-order valence-corrected chi connectivity index (χ2v) is 7.62. The zero-order valence-corrected chi connectivity index (χ0v) is 16.0. The van der Waals surface area contributed by atoms with Crippen molar-refractivity contribution in [1.82, 2.24) is 4.31 Å². The number of sulfonamides is 1. The van der Waals surface area contributed by atoms with Crippen LogP contribution in [0.3, 0.4) is 0 Å². The molecule has 0 spiro atoms. The standard InChI is InChI=1S/C19H24N2O4S/c1-4-21(5-2)26(23,24)18-13-9-10-16(14-18)20-19(22)15(3)25-17-11-7-6-8-12-17/h6-15H,4-5H2,1-3H3,(H,20,22)/t15-/m1/s1. The first kappa shape index (κ1) is 19.9. The van der Waals surface area contributed by atoms with Gasteiger partial charge >= 0.3 is 0 Å². The molecule has 0 aliphatic carbocycles. The SMILES string of the molecule is CCN(CC)S(=O)(=O)c1cccc(NC(=O)[C@@H](C)Oc2ccccc2)c1. The number of amides is 1. The molecule has 140 valence electrons. The van der Waals surface area contributed by atoms with E-state index in [1.807, 2.05) is 18.2 Å². The summed E-state index contributed by atoms with van der Waals surface area (Å²) in [5.74, 6) is 0.235. The lowest BCUT2D eigenvalue weighted by Gasteiger charge is -2.19. The summed E-state index contributed by atoms with van der Waals surface area (Å²) in [6.45, 7) is 5.98. The molecule has 2 rings (SSSR count). The zero-order valence-electron chi connectivity index (χ0n) is 15.2. The number of carbonyl (C=O) groups is 1. The van der Waals surface area contributed by atoms with Gasteiger partial charge in [0.1, 0.15) is 5.75 Å². The summed E-state index contributed by atoms with van der Waals surface area (Å²) in [5, 5.41) is 2.70. The van der Waals surface area contributed by atoms with E-state index in [0.29, 0.717) is 24.5 Å². The summed E-state index contributed by atoms with van der Waals surface area (Å²) in [5.41, 5.74) is 0.409. The second kappa shape index (κ2) is 8.82. The number of hydrogen-bond acceptors (Lipinski definition) is 4. The van der Waals surface area contributed by atoms with Crippen LogP contribution in [0.25, 0.3) is 0 Å². The Bertz CT molecular complexity index is 834. The van der Waals surface area contributed by atoms with E-state index in [0.717, 1.165) is 0 Å². The molecular formula is C19H24N2O4S. The number of anilines is 1. The van der Waals surface area contributed by atoms with Crippen molar-refractivity contribution < 1.29 is 17.9 Å². The normalized spacial score (nSPS) is 12.6. The van der Waals surface area contributed by atoms with Crippen molar-refractivity contribution in [3.8, 4) is 5.75 Å². The van der Waals surface area contributed by atoms with Crippen LogP contribution in [0.2, 0.25) is 0 Å². The van der Waals surface area contributed by atoms with Gasteiger partial charge in [-0.05, 0) is 37.3 Å². The molecule has 0 aliphatic heterocycles. The van der Waals surface area contributed by atoms with Crippen LogP contribution in [-0.2, 0) is 14.8 Å². The fourth-order valence-electron chi connectivity index (χ4n) is 2.45. The molecule has 0 aromatic heterocycles. The first-order chi connectivity index (χ1) is 12.4. The highest BCUT2D eigenvalue weighted by Gasteiger charge is 2.22. The van der Waals surface area contributed by atoms with Gasteiger partial charge in [0.25, 0.3) is 5.91 Å². The maximum atomic E-state index is 12.6. The third kappa shape index (κ3) is 4.83. The molecule has 0 heterocycles. The lowest BCUT2D eigenvalue weighted by Crippen LogP contribution is -2.31. The van der Waals surface area contributed by atoms with Crippen molar-refractivity contribution in [2.45, 2.75) is 31.8 Å². The largest absolute Gasteiger partial charge is 0.481 e. The molecule has 0 saturated carbocycles. The van der Waals surface area contributed by atoms with E-state index in [4.69, 9.17) is 4.74 Å². The molecule has 2 aromatic rings. The predicted octanol–water partition coefficient (Wildman–Crippen LogP) is 3.12. The third-order valence-corrected chi connectivity index (χ3v) is 5.92. The third-order valence-electron chi connectivity index (χ3n) is 3.87. The lowest BCUT2D eigenvalue weighted by atomic mass is 10.3. The van der Waals surface area contributed by atoms with Crippen molar-refractivity contribution in [3.63, 3.8) is 0 Å². The highest BCUT2D eigenvalue weighted by atomic mass is 32.2. The van der Waals surface area contributed by atoms with Gasteiger partial charge in [0, 0.05) is 18.8 Å². The van der Waals surface area contributed by atoms with Gasteiger partial charge in [0.2, 0.25) is 10.0 Å². The number of para-hydroxylation sites is 1. The lowest BCUT2D eigenvalue weighted by molar-refractivity contribution is -0.122. The van der Waals surface area contributed by atoms with Gasteiger partial charge < -0.3 is 10.1 Å². The molecule has 7 heteroatoms. The Hall–Kier alpha value is -2.38. The van der Waals surface area contributed by atoms with Gasteiger partial charge in [-0.1, -0.05) is 38.1 Å². The van der Waals surface area contributed by atoms with E-state index in [2.05, 4.69) is 5.32 Å². The number of rotatable bonds is 8. The average molecular weight is 376 g/mol. The molecule has 1 amide bonds. The fraction of sp³-hybridized carbons (Fsp3) is 0.316. The van der Waals surface area contributed by atoms with E-state index in [-0.39, 0.29) is 10.8 Å². The molecule has 6 nitrogen and oxygen atoms in total. The van der Waals surface area contributed by atoms with E-state index in [1.165, 1.54) is 16.4 Å². The summed E-state index contributed by atoms with van der Waals surface area (Å²) in [7, 11) is -3.58. The molecule has 2 aromatic carbocycles. The van der Waals surface area contributed by atoms with Crippen LogP contribution in [0.1, 0.15) is 20.8 Å². The monoisotopic (exact) mass is 376 g/mol. The van der Waals surface area contributed by atoms with Crippen molar-refractivity contribution >= 4 is 21.6 Å². The van der Waals surface area contributed by atoms with Gasteiger partial charge in [-0.25, -0.2) is 8.42 Å². The van der Waals surface area contributed by atoms with Crippen LogP contribution in [0.4, 0.5) is 5.69 Å². The van der Waals surface area contributed by atoms with Crippen molar-refractivity contribution in [1.29, 1.82) is 0 Å². The number of nitrogens with one attached hydrogen (secondary N) is 1. The Balaban J connectivity index is 2.11. The Labute approximate surface area is 154 Å². The summed E-state index contributed by atoms with van der Waals surface area (Å²) in [6, 6.07) is 15.3. The summed E-state index contributed by atoms with van der Waals surface area (Å²) in [4.78, 5) is 12.5. The molecule has 1 atom stereocenters. The minimum atomic E-state index is -3.58. The highest BCUT2D eigenvalue weighted by Crippen LogP contribution is 2.20. The molecule has 26 heavy (non-hydrogen) atoms. The smallest absolute Gasteiger partial charge is 0.265 e. The van der Waals surface area contributed by atoms with Crippen molar-refractivity contribution in [2.24, 2.45) is 0 Å². The van der Waals surface area contributed by atoms with Gasteiger partial charge in [0.15, 0.2) is 6.10 Å². The van der Waals surface area contributed by atoms with Crippen LogP contribution in [0, 0.1) is 0 Å². The number of nitrogens with zero attached hydrogens (tertiary/aromatic N) is 1. The fourth-order valence-corrected chi connectivity index (χ4v) is 3.95. The first-order valence-corrected chi connectivity index (χ1v) is 9.95. The Kier molecular flexibility index (Phi) is 6.76. The van der Waals surface area contributed by atoms with Gasteiger partial charge in [-0.15, -0.1) is 0 Å². The molecule has 0 saturated heterocycles. The number of benzene rings is 2. The summed E-state index contributed by atoms with van der Waals surface area (Å²) in [6.07, 6.45) is -0.722. The molecule has 0 bridgehead atoms. The number of ether oxygens (including phenoxy) is 1. The molecule has 1 N–H and O–H groups in total. The van der Waals surface area contributed by atoms with Crippen LogP contribution in [0.5, 0.6) is 5.75 Å². The summed E-state index contributed by atoms with van der Waals surface area (Å²) < 4.78 is 32.1. The van der Waals surface area contributed by atoms with Crippen LogP contribution < -0.4 is 10.1 Å². The second-order valence-electron chi connectivity index (χ2n) is 5.68. The molecule has 0 radical (unpaired) electrons. The summed E-state index contributed by atoms with van der Waals surface area (Å²) >= 11 is 0. The molecular weight excluding hydrogens is 352 g/mol. The van der Waals surface area contributed by atoms with Gasteiger partial charge in [0.05, 0.1) is 4.90 Å². The van der Waals surface area contributed by atoms with E-state index >= 15 is 0 Å².